The molecule has 1 saturated carbocycles. The minimum Gasteiger partial charge on any atom is -0.349 e. The summed E-state index contributed by atoms with van der Waals surface area (Å²) in [6.45, 7) is 0. The highest BCUT2D eigenvalue weighted by molar-refractivity contribution is 7.99. The number of hydrogen-bond acceptors (Lipinski definition) is 5. The summed E-state index contributed by atoms with van der Waals surface area (Å²) < 4.78 is 2.26. The fourth-order valence-corrected chi connectivity index (χ4v) is 5.60. The molecule has 5 nitrogen and oxygen atoms in total. The quantitative estimate of drug-likeness (QED) is 0.565. The minimum absolute atomic E-state index is 0.0712. The van der Waals surface area contributed by atoms with Gasteiger partial charge in [-0.2, -0.15) is 0 Å². The number of nitrogens with zero attached hydrogens (tertiary/aromatic N) is 3. The predicted octanol–water partition coefficient (Wildman–Crippen LogP) is 4.55. The van der Waals surface area contributed by atoms with Crippen LogP contribution in [0.25, 0.3) is 0 Å². The van der Waals surface area contributed by atoms with Crippen LogP contribution in [0.1, 0.15) is 59.6 Å². The monoisotopic (exact) mass is 424 g/mol. The van der Waals surface area contributed by atoms with Gasteiger partial charge in [-0.1, -0.05) is 42.1 Å². The lowest BCUT2D eigenvalue weighted by atomic mass is 9.88. The van der Waals surface area contributed by atoms with E-state index in [1.165, 1.54) is 40.6 Å². The molecule has 3 aromatic rings. The lowest BCUT2D eigenvalue weighted by Crippen LogP contribution is -2.32. The number of thioether (sulfide) groups is 1. The molecule has 2 aromatic heterocycles. The highest BCUT2D eigenvalue weighted by Gasteiger charge is 2.30. The van der Waals surface area contributed by atoms with E-state index in [0.717, 1.165) is 36.7 Å². The molecule has 1 amide bonds. The van der Waals surface area contributed by atoms with Crippen molar-refractivity contribution in [2.75, 3.05) is 5.75 Å². The number of nitrogens with one attached hydrogen (secondary N) is 1. The number of aromatic nitrogens is 3. The fraction of sp³-hybridized carbons (Fsp3) is 0.409. The average Bonchev–Trinajstić information content (AvgIpc) is 3.29. The Bertz CT molecular complexity index is 994. The molecule has 0 radical (unpaired) electrons. The van der Waals surface area contributed by atoms with E-state index in [1.54, 1.807) is 11.3 Å². The molecule has 150 valence electrons. The third-order valence-electron chi connectivity index (χ3n) is 5.60. The summed E-state index contributed by atoms with van der Waals surface area (Å²) in [6.07, 6.45) is 6.40. The Labute approximate surface area is 178 Å². The molecule has 29 heavy (non-hydrogen) atoms. The number of aryl methyl sites for hydroxylation is 1. The van der Waals surface area contributed by atoms with Gasteiger partial charge < -0.3 is 9.88 Å². The van der Waals surface area contributed by atoms with Crippen molar-refractivity contribution in [3.63, 3.8) is 0 Å². The standard InChI is InChI=1S/C22H24N4OS2/c27-21(23-19-9-3-6-15-5-1-2-8-18(15)19)14-29-22-25-24-20(26(22)16-10-11-16)13-17-7-4-12-28-17/h1-2,4-5,7-8,12,16,19H,3,6,9-11,13-14H2,(H,23,27). The maximum absolute atomic E-state index is 12.7. The molecule has 1 atom stereocenters. The SMILES string of the molecule is O=C(CSc1nnc(Cc2cccs2)n1C1CC1)NC1CCCc2ccccc21. The van der Waals surface area contributed by atoms with Gasteiger partial charge in [-0.15, -0.1) is 21.5 Å². The van der Waals surface area contributed by atoms with Gasteiger partial charge in [-0.05, 0) is 54.7 Å². The number of carbonyl (C=O) groups excluding carboxylic acids is 1. The van der Waals surface area contributed by atoms with E-state index in [2.05, 4.69) is 61.9 Å². The molecule has 2 heterocycles. The highest BCUT2D eigenvalue weighted by Crippen LogP contribution is 2.39. The first-order chi connectivity index (χ1) is 14.3. The molecule has 1 aromatic carbocycles. The van der Waals surface area contributed by atoms with Gasteiger partial charge >= 0.3 is 0 Å². The first kappa shape index (κ1) is 18.9. The van der Waals surface area contributed by atoms with E-state index < -0.39 is 0 Å². The van der Waals surface area contributed by atoms with Crippen LogP contribution in [0.4, 0.5) is 0 Å². The maximum atomic E-state index is 12.7. The van der Waals surface area contributed by atoms with E-state index in [9.17, 15) is 4.79 Å². The van der Waals surface area contributed by atoms with Crippen LogP contribution in [0.3, 0.4) is 0 Å². The largest absolute Gasteiger partial charge is 0.349 e. The van der Waals surface area contributed by atoms with E-state index in [-0.39, 0.29) is 11.9 Å². The van der Waals surface area contributed by atoms with Gasteiger partial charge in [0.15, 0.2) is 5.16 Å². The molecule has 0 saturated heterocycles. The van der Waals surface area contributed by atoms with Gasteiger partial charge in [0, 0.05) is 17.3 Å². The van der Waals surface area contributed by atoms with Crippen LogP contribution in [0.2, 0.25) is 0 Å². The summed E-state index contributed by atoms with van der Waals surface area (Å²) in [5, 5.41) is 15.1. The molecule has 2 aliphatic carbocycles. The van der Waals surface area contributed by atoms with Crippen LogP contribution < -0.4 is 5.32 Å². The fourth-order valence-electron chi connectivity index (χ4n) is 4.06. The van der Waals surface area contributed by atoms with Crippen molar-refractivity contribution in [2.45, 2.75) is 55.8 Å². The summed E-state index contributed by atoms with van der Waals surface area (Å²) in [4.78, 5) is 14.0. The lowest BCUT2D eigenvalue weighted by Gasteiger charge is -2.26. The number of hydrogen-bond donors (Lipinski definition) is 1. The molecule has 0 aliphatic heterocycles. The van der Waals surface area contributed by atoms with Crippen LogP contribution in [0.5, 0.6) is 0 Å². The Morgan fingerprint density at radius 2 is 2.07 bits per heavy atom. The lowest BCUT2D eigenvalue weighted by molar-refractivity contribution is -0.119. The molecule has 1 fully saturated rings. The van der Waals surface area contributed by atoms with Crippen molar-refractivity contribution in [2.24, 2.45) is 0 Å². The molecule has 1 unspecified atom stereocenters. The Morgan fingerprint density at radius 1 is 1.17 bits per heavy atom. The number of thiophene rings is 1. The second kappa shape index (κ2) is 8.32. The van der Waals surface area contributed by atoms with Gasteiger partial charge in [-0.25, -0.2) is 0 Å². The maximum Gasteiger partial charge on any atom is 0.230 e. The second-order valence-corrected chi connectivity index (χ2v) is 9.73. The zero-order valence-electron chi connectivity index (χ0n) is 16.2. The van der Waals surface area contributed by atoms with Crippen molar-refractivity contribution >= 4 is 29.0 Å². The molecule has 0 spiro atoms. The summed E-state index contributed by atoms with van der Waals surface area (Å²) in [5.74, 6) is 1.46. The summed E-state index contributed by atoms with van der Waals surface area (Å²) in [5.41, 5.74) is 2.64. The van der Waals surface area contributed by atoms with Gasteiger partial charge in [0.1, 0.15) is 5.82 Å². The summed E-state index contributed by atoms with van der Waals surface area (Å²) in [6, 6.07) is 13.3. The molecular weight excluding hydrogens is 400 g/mol. The van der Waals surface area contributed by atoms with Crippen LogP contribution in [0.15, 0.2) is 46.9 Å². The molecular formula is C22H24N4OS2. The zero-order valence-corrected chi connectivity index (χ0v) is 17.8. The second-order valence-electron chi connectivity index (χ2n) is 7.76. The smallest absolute Gasteiger partial charge is 0.230 e. The molecule has 5 rings (SSSR count). The molecule has 0 bridgehead atoms. The Kier molecular flexibility index (Phi) is 5.42. The Hall–Kier alpha value is -2.12. The number of amides is 1. The van der Waals surface area contributed by atoms with Crippen molar-refractivity contribution in [1.29, 1.82) is 0 Å². The third kappa shape index (κ3) is 4.26. The van der Waals surface area contributed by atoms with E-state index in [1.807, 2.05) is 0 Å². The Balaban J connectivity index is 1.24. The number of fused-ring (bicyclic) bond motifs is 1. The van der Waals surface area contributed by atoms with Crippen molar-refractivity contribution in [3.05, 3.63) is 63.6 Å². The van der Waals surface area contributed by atoms with Crippen molar-refractivity contribution in [3.8, 4) is 0 Å². The van der Waals surface area contributed by atoms with Crippen LogP contribution in [-0.2, 0) is 17.6 Å². The van der Waals surface area contributed by atoms with Crippen LogP contribution in [-0.4, -0.2) is 26.4 Å². The van der Waals surface area contributed by atoms with Crippen molar-refractivity contribution in [1.82, 2.24) is 20.1 Å². The molecule has 2 aliphatic rings. The topological polar surface area (TPSA) is 59.8 Å². The molecule has 7 heteroatoms. The first-order valence-electron chi connectivity index (χ1n) is 10.2. The number of rotatable bonds is 7. The number of carbonyl (C=O) groups is 1. The van der Waals surface area contributed by atoms with E-state index in [4.69, 9.17) is 0 Å². The Morgan fingerprint density at radius 3 is 2.90 bits per heavy atom. The predicted molar refractivity (Wildman–Crippen MR) is 116 cm³/mol. The number of benzene rings is 1. The van der Waals surface area contributed by atoms with Crippen molar-refractivity contribution < 1.29 is 4.79 Å². The summed E-state index contributed by atoms with van der Waals surface area (Å²) in [7, 11) is 0. The van der Waals surface area contributed by atoms with Crippen LogP contribution >= 0.6 is 23.1 Å². The van der Waals surface area contributed by atoms with Gasteiger partial charge in [-0.3, -0.25) is 4.79 Å². The van der Waals surface area contributed by atoms with Crippen LogP contribution in [0, 0.1) is 0 Å². The van der Waals surface area contributed by atoms with Gasteiger partial charge in [0.2, 0.25) is 5.91 Å². The average molecular weight is 425 g/mol. The van der Waals surface area contributed by atoms with Gasteiger partial charge in [0.25, 0.3) is 0 Å². The summed E-state index contributed by atoms with van der Waals surface area (Å²) >= 11 is 3.26. The zero-order chi connectivity index (χ0) is 19.6. The van der Waals surface area contributed by atoms with Gasteiger partial charge in [0.05, 0.1) is 11.8 Å². The highest BCUT2D eigenvalue weighted by atomic mass is 32.2. The first-order valence-corrected chi connectivity index (χ1v) is 12.1. The molecule has 1 N–H and O–H groups in total. The third-order valence-corrected chi connectivity index (χ3v) is 7.42. The normalized spacial score (nSPS) is 18.4. The minimum atomic E-state index is 0.0712. The van der Waals surface area contributed by atoms with E-state index >= 15 is 0 Å². The van der Waals surface area contributed by atoms with E-state index in [0.29, 0.717) is 11.8 Å².